The number of nitrogens with zero attached hydrogens (tertiary/aromatic N) is 1. The van der Waals surface area contributed by atoms with Crippen LogP contribution in [0, 0.1) is 17.8 Å². The molecule has 1 atom stereocenters. The van der Waals surface area contributed by atoms with Gasteiger partial charge in [0.15, 0.2) is 0 Å². The van der Waals surface area contributed by atoms with E-state index < -0.39 is 0 Å². The van der Waals surface area contributed by atoms with Crippen molar-refractivity contribution in [1.29, 1.82) is 0 Å². The first kappa shape index (κ1) is 14.8. The van der Waals surface area contributed by atoms with Gasteiger partial charge in [0, 0.05) is 19.0 Å². The molecule has 0 spiro atoms. The smallest absolute Gasteiger partial charge is 0.225 e. The summed E-state index contributed by atoms with van der Waals surface area (Å²) in [4.78, 5) is 13.7. The van der Waals surface area contributed by atoms with Crippen LogP contribution in [0.2, 0.25) is 0 Å². The number of likely N-dealkylation sites (tertiary alicyclic amines) is 1. The third-order valence-electron chi connectivity index (χ3n) is 2.90. The number of hydrogen-bond acceptors (Lipinski definition) is 1. The number of carbonyl (C=O) groups excluding carboxylic acids is 1. The van der Waals surface area contributed by atoms with Crippen LogP contribution in [0.25, 0.3) is 0 Å². The van der Waals surface area contributed by atoms with Crippen molar-refractivity contribution in [1.82, 2.24) is 4.90 Å². The van der Waals surface area contributed by atoms with E-state index >= 15 is 0 Å². The standard InChI is InChI=1S/C12H23NO.H2S/c1-9(2)7-11-5-6-13(8-11)12(14)10(3)4;/h9-11H,5-8H2,1-4H3;1H2/t11-;/m0./s1. The van der Waals surface area contributed by atoms with E-state index in [1.165, 1.54) is 12.8 Å². The molecule has 0 aromatic carbocycles. The molecule has 1 amide bonds. The molecule has 90 valence electrons. The van der Waals surface area contributed by atoms with E-state index in [9.17, 15) is 4.79 Å². The molecule has 3 heteroatoms. The minimum atomic E-state index is 0. The van der Waals surface area contributed by atoms with Gasteiger partial charge in [0.25, 0.3) is 0 Å². The van der Waals surface area contributed by atoms with Crippen molar-refractivity contribution < 1.29 is 4.79 Å². The van der Waals surface area contributed by atoms with Gasteiger partial charge in [-0.05, 0) is 24.7 Å². The summed E-state index contributed by atoms with van der Waals surface area (Å²) >= 11 is 0. The highest BCUT2D eigenvalue weighted by Gasteiger charge is 2.27. The molecular formula is C12H25NOS. The third-order valence-corrected chi connectivity index (χ3v) is 2.90. The zero-order valence-corrected chi connectivity index (χ0v) is 11.4. The van der Waals surface area contributed by atoms with Gasteiger partial charge >= 0.3 is 0 Å². The molecule has 0 aliphatic carbocycles. The van der Waals surface area contributed by atoms with E-state index in [2.05, 4.69) is 13.8 Å². The van der Waals surface area contributed by atoms with E-state index in [0.717, 1.165) is 24.9 Å². The Morgan fingerprint density at radius 1 is 1.33 bits per heavy atom. The fraction of sp³-hybridized carbons (Fsp3) is 0.917. The van der Waals surface area contributed by atoms with E-state index in [1.54, 1.807) is 0 Å². The van der Waals surface area contributed by atoms with Crippen LogP contribution in [0.4, 0.5) is 0 Å². The molecule has 1 saturated heterocycles. The zero-order valence-electron chi connectivity index (χ0n) is 10.4. The van der Waals surface area contributed by atoms with Crippen LogP contribution in [0.5, 0.6) is 0 Å². The molecule has 0 unspecified atom stereocenters. The molecule has 1 heterocycles. The van der Waals surface area contributed by atoms with Crippen molar-refractivity contribution in [2.45, 2.75) is 40.5 Å². The second-order valence-electron chi connectivity index (χ2n) is 5.22. The molecule has 0 aromatic rings. The second-order valence-corrected chi connectivity index (χ2v) is 5.22. The lowest BCUT2D eigenvalue weighted by Gasteiger charge is -2.19. The van der Waals surface area contributed by atoms with E-state index in [4.69, 9.17) is 0 Å². The summed E-state index contributed by atoms with van der Waals surface area (Å²) in [6.45, 7) is 10.5. The van der Waals surface area contributed by atoms with Gasteiger partial charge in [0.05, 0.1) is 0 Å². The van der Waals surface area contributed by atoms with Crippen molar-refractivity contribution >= 4 is 19.4 Å². The van der Waals surface area contributed by atoms with E-state index in [-0.39, 0.29) is 19.4 Å². The predicted molar refractivity (Wildman–Crippen MR) is 69.4 cm³/mol. The molecule has 0 N–H and O–H groups in total. The first-order valence-electron chi connectivity index (χ1n) is 5.79. The number of amides is 1. The Bertz CT molecular complexity index is 204. The summed E-state index contributed by atoms with van der Waals surface area (Å²) in [5.41, 5.74) is 0. The second kappa shape index (κ2) is 6.41. The van der Waals surface area contributed by atoms with E-state index in [0.29, 0.717) is 5.91 Å². The maximum Gasteiger partial charge on any atom is 0.225 e. The lowest BCUT2D eigenvalue weighted by molar-refractivity contribution is -0.133. The SMILES string of the molecule is CC(C)C[C@@H]1CCN(C(=O)C(C)C)C1.S. The third kappa shape index (κ3) is 4.45. The normalized spacial score (nSPS) is 20.9. The molecular weight excluding hydrogens is 206 g/mol. The van der Waals surface area contributed by atoms with Crippen LogP contribution in [-0.2, 0) is 4.79 Å². The first-order chi connectivity index (χ1) is 6.50. The minimum Gasteiger partial charge on any atom is -0.342 e. The quantitative estimate of drug-likeness (QED) is 0.731. The van der Waals surface area contributed by atoms with Gasteiger partial charge < -0.3 is 4.90 Å². The average molecular weight is 231 g/mol. The van der Waals surface area contributed by atoms with Gasteiger partial charge in [-0.1, -0.05) is 27.7 Å². The molecule has 1 rings (SSSR count). The van der Waals surface area contributed by atoms with Gasteiger partial charge in [-0.2, -0.15) is 13.5 Å². The Balaban J connectivity index is 0.00000196. The summed E-state index contributed by atoms with van der Waals surface area (Å²) < 4.78 is 0. The van der Waals surface area contributed by atoms with Crippen LogP contribution < -0.4 is 0 Å². The van der Waals surface area contributed by atoms with Gasteiger partial charge in [-0.15, -0.1) is 0 Å². The Morgan fingerprint density at radius 3 is 2.40 bits per heavy atom. The van der Waals surface area contributed by atoms with Crippen molar-refractivity contribution in [3.63, 3.8) is 0 Å². The monoisotopic (exact) mass is 231 g/mol. The molecule has 0 bridgehead atoms. The predicted octanol–water partition coefficient (Wildman–Crippen LogP) is 2.65. The van der Waals surface area contributed by atoms with Gasteiger partial charge in [-0.25, -0.2) is 0 Å². The molecule has 1 aliphatic rings. The maximum atomic E-state index is 11.7. The van der Waals surface area contributed by atoms with Crippen LogP contribution in [0.3, 0.4) is 0 Å². The fourth-order valence-corrected chi connectivity index (χ4v) is 2.26. The summed E-state index contributed by atoms with van der Waals surface area (Å²) in [6, 6.07) is 0. The van der Waals surface area contributed by atoms with Gasteiger partial charge in [0.2, 0.25) is 5.91 Å². The summed E-state index contributed by atoms with van der Waals surface area (Å²) in [5, 5.41) is 0. The van der Waals surface area contributed by atoms with Gasteiger partial charge in [-0.3, -0.25) is 4.79 Å². The van der Waals surface area contributed by atoms with Crippen molar-refractivity contribution in [2.24, 2.45) is 17.8 Å². The molecule has 2 nitrogen and oxygen atoms in total. The molecule has 1 fully saturated rings. The lowest BCUT2D eigenvalue weighted by atomic mass is 9.97. The number of rotatable bonds is 3. The largest absolute Gasteiger partial charge is 0.342 e. The van der Waals surface area contributed by atoms with Gasteiger partial charge in [0.1, 0.15) is 0 Å². The maximum absolute atomic E-state index is 11.7. The van der Waals surface area contributed by atoms with Crippen molar-refractivity contribution in [3.05, 3.63) is 0 Å². The van der Waals surface area contributed by atoms with Crippen LogP contribution in [0.1, 0.15) is 40.5 Å². The Kier molecular flexibility index (Phi) is 6.34. The Hall–Kier alpha value is -0.180. The Labute approximate surface area is 101 Å². The topological polar surface area (TPSA) is 20.3 Å². The molecule has 1 aliphatic heterocycles. The first-order valence-corrected chi connectivity index (χ1v) is 5.79. The highest BCUT2D eigenvalue weighted by atomic mass is 32.1. The Morgan fingerprint density at radius 2 is 1.93 bits per heavy atom. The lowest BCUT2D eigenvalue weighted by Crippen LogP contribution is -2.32. The molecule has 0 radical (unpaired) electrons. The molecule has 0 saturated carbocycles. The average Bonchev–Trinajstić information content (AvgIpc) is 2.50. The summed E-state index contributed by atoms with van der Waals surface area (Å²) in [5.74, 6) is 2.00. The van der Waals surface area contributed by atoms with Crippen LogP contribution in [0.15, 0.2) is 0 Å². The highest BCUT2D eigenvalue weighted by molar-refractivity contribution is 7.59. The zero-order chi connectivity index (χ0) is 10.7. The summed E-state index contributed by atoms with van der Waals surface area (Å²) in [6.07, 6.45) is 2.47. The van der Waals surface area contributed by atoms with Crippen LogP contribution in [-0.4, -0.2) is 23.9 Å². The molecule has 0 aromatic heterocycles. The van der Waals surface area contributed by atoms with Crippen LogP contribution >= 0.6 is 13.5 Å². The van der Waals surface area contributed by atoms with E-state index in [1.807, 2.05) is 18.7 Å². The molecule has 15 heavy (non-hydrogen) atoms. The van der Waals surface area contributed by atoms with Crippen molar-refractivity contribution in [3.8, 4) is 0 Å². The highest BCUT2D eigenvalue weighted by Crippen LogP contribution is 2.24. The van der Waals surface area contributed by atoms with Crippen molar-refractivity contribution in [2.75, 3.05) is 13.1 Å². The fourth-order valence-electron chi connectivity index (χ4n) is 2.26. The summed E-state index contributed by atoms with van der Waals surface area (Å²) in [7, 11) is 0. The number of hydrogen-bond donors (Lipinski definition) is 0. The number of carbonyl (C=O) groups is 1. The minimum absolute atomic E-state index is 0.